The van der Waals surface area contributed by atoms with E-state index in [0.717, 1.165) is 6.42 Å². The van der Waals surface area contributed by atoms with E-state index in [1.165, 1.54) is 4.80 Å². The molecular weight excluding hydrogens is 198 g/mol. The number of rotatable bonds is 2. The number of hydrogen-bond acceptors (Lipinski definition) is 4. The summed E-state index contributed by atoms with van der Waals surface area (Å²) in [5, 5.41) is 17.0. The maximum absolute atomic E-state index is 11.0. The molecule has 1 aromatic rings. The first-order valence-corrected chi connectivity index (χ1v) is 4.89. The van der Waals surface area contributed by atoms with Crippen molar-refractivity contribution in [2.75, 3.05) is 6.61 Å². The lowest BCUT2D eigenvalue weighted by molar-refractivity contribution is -0.152. The van der Waals surface area contributed by atoms with Crippen LogP contribution in [0.15, 0.2) is 6.20 Å². The first kappa shape index (κ1) is 10.1. The second-order valence-corrected chi connectivity index (χ2v) is 3.64. The van der Waals surface area contributed by atoms with E-state index < -0.39 is 18.0 Å². The Morgan fingerprint density at radius 1 is 1.73 bits per heavy atom. The van der Waals surface area contributed by atoms with Crippen LogP contribution in [0.3, 0.4) is 0 Å². The molecule has 2 unspecified atom stereocenters. The Morgan fingerprint density at radius 2 is 2.53 bits per heavy atom. The summed E-state index contributed by atoms with van der Waals surface area (Å²) in [4.78, 5) is 12.4. The van der Waals surface area contributed by atoms with Crippen molar-refractivity contribution in [2.45, 2.75) is 18.9 Å². The number of ether oxygens (including phenoxy) is 1. The molecule has 1 aliphatic heterocycles. The smallest absolute Gasteiger partial charge is 0.309 e. The predicted molar refractivity (Wildman–Crippen MR) is 50.1 cm³/mol. The lowest BCUT2D eigenvalue weighted by Gasteiger charge is -2.27. The topological polar surface area (TPSA) is 77.2 Å². The zero-order valence-corrected chi connectivity index (χ0v) is 8.46. The maximum atomic E-state index is 11.0. The molecule has 0 saturated carbocycles. The Balaban J connectivity index is 2.21. The van der Waals surface area contributed by atoms with Gasteiger partial charge in [0.15, 0.2) is 0 Å². The van der Waals surface area contributed by atoms with E-state index in [0.29, 0.717) is 18.7 Å². The third kappa shape index (κ3) is 1.99. The highest BCUT2D eigenvalue weighted by atomic mass is 16.5. The quantitative estimate of drug-likeness (QED) is 0.764. The highest BCUT2D eigenvalue weighted by molar-refractivity contribution is 5.71. The second-order valence-electron chi connectivity index (χ2n) is 3.64. The summed E-state index contributed by atoms with van der Waals surface area (Å²) < 4.78 is 5.45. The fraction of sp³-hybridized carbons (Fsp3) is 0.667. The first-order valence-electron chi connectivity index (χ1n) is 4.89. The van der Waals surface area contributed by atoms with E-state index >= 15 is 0 Å². The van der Waals surface area contributed by atoms with Crippen LogP contribution in [-0.4, -0.2) is 32.7 Å². The molecule has 0 aliphatic carbocycles. The molecular formula is C9H13N3O3. The van der Waals surface area contributed by atoms with Crippen LogP contribution in [0.1, 0.15) is 24.6 Å². The number of aryl methyl sites for hydroxylation is 1. The molecule has 2 atom stereocenters. The van der Waals surface area contributed by atoms with Gasteiger partial charge in [0.1, 0.15) is 11.8 Å². The number of nitrogens with zero attached hydrogens (tertiary/aromatic N) is 3. The van der Waals surface area contributed by atoms with Crippen LogP contribution in [0.4, 0.5) is 0 Å². The van der Waals surface area contributed by atoms with Crippen LogP contribution in [-0.2, 0) is 16.6 Å². The zero-order valence-electron chi connectivity index (χ0n) is 8.46. The Morgan fingerprint density at radius 3 is 3.13 bits per heavy atom. The van der Waals surface area contributed by atoms with Crippen LogP contribution in [0, 0.1) is 5.92 Å². The van der Waals surface area contributed by atoms with Gasteiger partial charge in [0, 0.05) is 13.7 Å². The molecule has 0 aromatic carbocycles. The highest BCUT2D eigenvalue weighted by Crippen LogP contribution is 2.32. The Labute approximate surface area is 86.8 Å². The number of aliphatic carboxylic acids is 1. The van der Waals surface area contributed by atoms with Gasteiger partial charge in [-0.1, -0.05) is 0 Å². The van der Waals surface area contributed by atoms with Crippen molar-refractivity contribution >= 4 is 5.97 Å². The Hall–Kier alpha value is -1.43. The summed E-state index contributed by atoms with van der Waals surface area (Å²) in [6, 6.07) is 0. The SMILES string of the molecule is Cn1ncc(C2OCCCC2C(=O)O)n1. The van der Waals surface area contributed by atoms with Crippen molar-refractivity contribution in [2.24, 2.45) is 13.0 Å². The third-order valence-electron chi connectivity index (χ3n) is 2.55. The van der Waals surface area contributed by atoms with Crippen LogP contribution in [0.5, 0.6) is 0 Å². The molecule has 0 bridgehead atoms. The van der Waals surface area contributed by atoms with Crippen molar-refractivity contribution in [3.05, 3.63) is 11.9 Å². The monoisotopic (exact) mass is 211 g/mol. The minimum Gasteiger partial charge on any atom is -0.481 e. The van der Waals surface area contributed by atoms with Gasteiger partial charge in [0.05, 0.1) is 12.1 Å². The van der Waals surface area contributed by atoms with E-state index in [9.17, 15) is 4.79 Å². The van der Waals surface area contributed by atoms with Gasteiger partial charge in [-0.3, -0.25) is 4.79 Å². The van der Waals surface area contributed by atoms with Crippen molar-refractivity contribution < 1.29 is 14.6 Å². The van der Waals surface area contributed by atoms with Crippen molar-refractivity contribution in [3.8, 4) is 0 Å². The van der Waals surface area contributed by atoms with Crippen molar-refractivity contribution in [1.29, 1.82) is 0 Å². The van der Waals surface area contributed by atoms with Crippen LogP contribution in [0.2, 0.25) is 0 Å². The zero-order chi connectivity index (χ0) is 10.8. The van der Waals surface area contributed by atoms with Gasteiger partial charge in [-0.25, -0.2) is 0 Å². The van der Waals surface area contributed by atoms with Crippen LogP contribution >= 0.6 is 0 Å². The third-order valence-corrected chi connectivity index (χ3v) is 2.55. The molecule has 1 aromatic heterocycles. The number of hydrogen-bond donors (Lipinski definition) is 1. The normalized spacial score (nSPS) is 26.5. The molecule has 1 N–H and O–H groups in total. The largest absolute Gasteiger partial charge is 0.481 e. The van der Waals surface area contributed by atoms with Gasteiger partial charge in [-0.15, -0.1) is 0 Å². The van der Waals surface area contributed by atoms with Gasteiger partial charge in [-0.05, 0) is 12.8 Å². The Kier molecular flexibility index (Phi) is 2.68. The number of aromatic nitrogens is 3. The summed E-state index contributed by atoms with van der Waals surface area (Å²) in [6.07, 6.45) is 2.53. The molecule has 82 valence electrons. The average molecular weight is 211 g/mol. The minimum atomic E-state index is -0.828. The van der Waals surface area contributed by atoms with Crippen molar-refractivity contribution in [1.82, 2.24) is 15.0 Å². The van der Waals surface area contributed by atoms with Crippen molar-refractivity contribution in [3.63, 3.8) is 0 Å². The van der Waals surface area contributed by atoms with Gasteiger partial charge in [-0.2, -0.15) is 15.0 Å². The fourth-order valence-electron chi connectivity index (χ4n) is 1.82. The van der Waals surface area contributed by atoms with Crippen LogP contribution in [0.25, 0.3) is 0 Å². The lowest BCUT2D eigenvalue weighted by Crippen LogP contribution is -2.29. The maximum Gasteiger partial charge on any atom is 0.309 e. The molecule has 2 rings (SSSR count). The molecule has 0 radical (unpaired) electrons. The molecule has 0 spiro atoms. The van der Waals surface area contributed by atoms with E-state index in [-0.39, 0.29) is 0 Å². The van der Waals surface area contributed by atoms with E-state index in [2.05, 4.69) is 10.2 Å². The molecule has 1 saturated heterocycles. The fourth-order valence-corrected chi connectivity index (χ4v) is 1.82. The average Bonchev–Trinajstić information content (AvgIpc) is 2.65. The van der Waals surface area contributed by atoms with E-state index in [4.69, 9.17) is 9.84 Å². The summed E-state index contributed by atoms with van der Waals surface area (Å²) >= 11 is 0. The summed E-state index contributed by atoms with van der Waals surface area (Å²) in [7, 11) is 1.70. The lowest BCUT2D eigenvalue weighted by atomic mass is 9.93. The van der Waals surface area contributed by atoms with E-state index in [1.807, 2.05) is 0 Å². The molecule has 2 heterocycles. The molecule has 6 heteroatoms. The summed E-state index contributed by atoms with van der Waals surface area (Å²) in [5.74, 6) is -1.33. The predicted octanol–water partition coefficient (Wildman–Crippen LogP) is 0.367. The highest BCUT2D eigenvalue weighted by Gasteiger charge is 2.34. The number of carbonyl (C=O) groups is 1. The molecule has 1 fully saturated rings. The van der Waals surface area contributed by atoms with Crippen LogP contribution < -0.4 is 0 Å². The molecule has 1 aliphatic rings. The van der Waals surface area contributed by atoms with Gasteiger partial charge in [0.25, 0.3) is 0 Å². The van der Waals surface area contributed by atoms with Gasteiger partial charge >= 0.3 is 5.97 Å². The molecule has 0 amide bonds. The summed E-state index contributed by atoms with van der Waals surface area (Å²) in [5.41, 5.74) is 0.601. The number of carboxylic acids is 1. The summed E-state index contributed by atoms with van der Waals surface area (Å²) in [6.45, 7) is 0.588. The van der Waals surface area contributed by atoms with E-state index in [1.54, 1.807) is 13.2 Å². The molecule has 6 nitrogen and oxygen atoms in total. The first-order chi connectivity index (χ1) is 7.18. The molecule has 15 heavy (non-hydrogen) atoms. The standard InChI is InChI=1S/C9H13N3O3/c1-12-10-5-7(11-12)8-6(9(13)14)3-2-4-15-8/h5-6,8H,2-4H2,1H3,(H,13,14). The second kappa shape index (κ2) is 3.98. The Bertz CT molecular complexity index is 363. The minimum absolute atomic E-state index is 0.454. The van der Waals surface area contributed by atoms with Gasteiger partial charge < -0.3 is 9.84 Å². The van der Waals surface area contributed by atoms with Gasteiger partial charge in [0.2, 0.25) is 0 Å². The number of carboxylic acid groups (broad SMARTS) is 1.